The molecule has 1 N–H and O–H groups in total. The number of halogens is 1. The highest BCUT2D eigenvalue weighted by Gasteiger charge is 2.27. The van der Waals surface area contributed by atoms with E-state index in [1.165, 1.54) is 12.1 Å². The van der Waals surface area contributed by atoms with Crippen molar-refractivity contribution in [2.24, 2.45) is 0 Å². The van der Waals surface area contributed by atoms with Crippen LogP contribution in [0.25, 0.3) is 10.9 Å². The lowest BCUT2D eigenvalue weighted by atomic mass is 10.0. The van der Waals surface area contributed by atoms with Gasteiger partial charge in [-0.05, 0) is 62.4 Å². The number of carbonyl (C=O) groups excluding carboxylic acids is 2. The Bertz CT molecular complexity index is 1110. The first-order chi connectivity index (χ1) is 14.4. The zero-order valence-corrected chi connectivity index (χ0v) is 16.9. The van der Waals surface area contributed by atoms with Gasteiger partial charge in [0, 0.05) is 11.1 Å². The van der Waals surface area contributed by atoms with Gasteiger partial charge in [-0.25, -0.2) is 9.18 Å². The van der Waals surface area contributed by atoms with E-state index >= 15 is 0 Å². The van der Waals surface area contributed by atoms with Crippen LogP contribution < -0.4 is 5.32 Å². The van der Waals surface area contributed by atoms with Crippen LogP contribution in [-0.4, -0.2) is 23.0 Å². The highest BCUT2D eigenvalue weighted by atomic mass is 19.1. The number of aromatic nitrogens is 1. The summed E-state index contributed by atoms with van der Waals surface area (Å²) in [6, 6.07) is 13.1. The van der Waals surface area contributed by atoms with Gasteiger partial charge in [0.1, 0.15) is 5.82 Å². The molecule has 1 amide bonds. The lowest BCUT2D eigenvalue weighted by Gasteiger charge is -2.19. The third kappa shape index (κ3) is 3.90. The van der Waals surface area contributed by atoms with E-state index < -0.39 is 18.0 Å². The number of aryl methyl sites for hydroxylation is 1. The SMILES string of the molecule is C[C@H](NC(=O)[C@@H](C)OC(=O)c1c2c(nc3ccccc13)CCC2)c1ccc(F)cc1. The largest absolute Gasteiger partial charge is 0.449 e. The van der Waals surface area contributed by atoms with Crippen LogP contribution in [0.3, 0.4) is 0 Å². The van der Waals surface area contributed by atoms with E-state index in [9.17, 15) is 14.0 Å². The Morgan fingerprint density at radius 1 is 1.07 bits per heavy atom. The summed E-state index contributed by atoms with van der Waals surface area (Å²) in [6.45, 7) is 3.34. The fraction of sp³-hybridized carbons (Fsp3) is 0.292. The first-order valence-corrected chi connectivity index (χ1v) is 10.1. The predicted molar refractivity (Wildman–Crippen MR) is 112 cm³/mol. The number of carbonyl (C=O) groups is 2. The van der Waals surface area contributed by atoms with E-state index in [4.69, 9.17) is 4.74 Å². The average molecular weight is 406 g/mol. The van der Waals surface area contributed by atoms with Crippen molar-refractivity contribution in [1.82, 2.24) is 10.3 Å². The maximum Gasteiger partial charge on any atom is 0.339 e. The number of nitrogens with one attached hydrogen (secondary N) is 1. The Morgan fingerprint density at radius 2 is 1.80 bits per heavy atom. The molecular weight excluding hydrogens is 383 g/mol. The molecule has 0 fully saturated rings. The van der Waals surface area contributed by atoms with Gasteiger partial charge >= 0.3 is 5.97 Å². The summed E-state index contributed by atoms with van der Waals surface area (Å²) < 4.78 is 18.7. The lowest BCUT2D eigenvalue weighted by Crippen LogP contribution is -2.37. The molecule has 0 bridgehead atoms. The molecule has 0 unspecified atom stereocenters. The Labute approximate surface area is 174 Å². The molecule has 2 atom stereocenters. The molecule has 0 spiro atoms. The maximum absolute atomic E-state index is 13.1. The third-order valence-electron chi connectivity index (χ3n) is 5.51. The van der Waals surface area contributed by atoms with Crippen molar-refractivity contribution in [3.8, 4) is 0 Å². The molecule has 1 heterocycles. The molecule has 1 aliphatic carbocycles. The predicted octanol–water partition coefficient (Wildman–Crippen LogP) is 4.29. The molecule has 0 aliphatic heterocycles. The minimum Gasteiger partial charge on any atom is -0.449 e. The number of amides is 1. The average Bonchev–Trinajstić information content (AvgIpc) is 3.20. The number of fused-ring (bicyclic) bond motifs is 2. The monoisotopic (exact) mass is 406 g/mol. The van der Waals surface area contributed by atoms with E-state index in [2.05, 4.69) is 10.3 Å². The molecule has 6 heteroatoms. The van der Waals surface area contributed by atoms with Crippen LogP contribution in [0.2, 0.25) is 0 Å². The Morgan fingerprint density at radius 3 is 2.57 bits per heavy atom. The maximum atomic E-state index is 13.1. The number of hydrogen-bond acceptors (Lipinski definition) is 4. The number of pyridine rings is 1. The van der Waals surface area contributed by atoms with Crippen LogP contribution in [0.5, 0.6) is 0 Å². The Hall–Kier alpha value is -3.28. The van der Waals surface area contributed by atoms with Crippen molar-refractivity contribution < 1.29 is 18.7 Å². The van der Waals surface area contributed by atoms with Gasteiger partial charge in [0.25, 0.3) is 5.91 Å². The first-order valence-electron chi connectivity index (χ1n) is 10.1. The summed E-state index contributed by atoms with van der Waals surface area (Å²) in [4.78, 5) is 30.3. The molecule has 5 nitrogen and oxygen atoms in total. The van der Waals surface area contributed by atoms with E-state index in [-0.39, 0.29) is 11.9 Å². The molecule has 2 aromatic carbocycles. The summed E-state index contributed by atoms with van der Waals surface area (Å²) in [5.41, 5.74) is 3.89. The molecule has 30 heavy (non-hydrogen) atoms. The second kappa shape index (κ2) is 8.22. The Kier molecular flexibility index (Phi) is 5.48. The molecule has 154 valence electrons. The van der Waals surface area contributed by atoms with Gasteiger partial charge in [0.15, 0.2) is 6.10 Å². The van der Waals surface area contributed by atoms with Crippen LogP contribution >= 0.6 is 0 Å². The third-order valence-corrected chi connectivity index (χ3v) is 5.51. The highest BCUT2D eigenvalue weighted by molar-refractivity contribution is 6.06. The van der Waals surface area contributed by atoms with Gasteiger partial charge in [-0.3, -0.25) is 9.78 Å². The number of rotatable bonds is 5. The topological polar surface area (TPSA) is 68.3 Å². The van der Waals surface area contributed by atoms with Gasteiger partial charge in [-0.2, -0.15) is 0 Å². The quantitative estimate of drug-likeness (QED) is 0.642. The van der Waals surface area contributed by atoms with Crippen LogP contribution in [0, 0.1) is 5.82 Å². The first kappa shape index (κ1) is 20.0. The molecular formula is C24H23FN2O3. The van der Waals surface area contributed by atoms with E-state index in [0.29, 0.717) is 5.56 Å². The number of ether oxygens (including phenoxy) is 1. The fourth-order valence-electron chi connectivity index (χ4n) is 3.88. The minimum absolute atomic E-state index is 0.336. The molecule has 3 aromatic rings. The molecule has 0 saturated carbocycles. The zero-order valence-electron chi connectivity index (χ0n) is 16.9. The van der Waals surface area contributed by atoms with Crippen LogP contribution in [0.15, 0.2) is 48.5 Å². The van der Waals surface area contributed by atoms with Gasteiger partial charge in [-0.1, -0.05) is 30.3 Å². The summed E-state index contributed by atoms with van der Waals surface area (Å²) in [7, 11) is 0. The molecule has 1 aromatic heterocycles. The van der Waals surface area contributed by atoms with Crippen LogP contribution in [0.4, 0.5) is 4.39 Å². The normalized spacial score (nSPS) is 14.8. The van der Waals surface area contributed by atoms with Crippen molar-refractivity contribution in [3.05, 3.63) is 76.7 Å². The second-order valence-corrected chi connectivity index (χ2v) is 7.61. The number of benzene rings is 2. The summed E-state index contributed by atoms with van der Waals surface area (Å²) in [5.74, 6) is -1.25. The summed E-state index contributed by atoms with van der Waals surface area (Å²) in [5, 5.41) is 3.56. The smallest absolute Gasteiger partial charge is 0.339 e. The minimum atomic E-state index is -0.968. The molecule has 0 radical (unpaired) electrons. The van der Waals surface area contributed by atoms with Crippen molar-refractivity contribution >= 4 is 22.8 Å². The summed E-state index contributed by atoms with van der Waals surface area (Å²) in [6.07, 6.45) is 1.60. The second-order valence-electron chi connectivity index (χ2n) is 7.61. The molecule has 0 saturated heterocycles. The number of para-hydroxylation sites is 1. The van der Waals surface area contributed by atoms with Gasteiger partial charge in [0.2, 0.25) is 0 Å². The van der Waals surface area contributed by atoms with E-state index in [0.717, 1.165) is 47.0 Å². The Balaban J connectivity index is 1.51. The van der Waals surface area contributed by atoms with Gasteiger partial charge in [-0.15, -0.1) is 0 Å². The number of esters is 1. The van der Waals surface area contributed by atoms with Crippen molar-refractivity contribution in [3.63, 3.8) is 0 Å². The van der Waals surface area contributed by atoms with Crippen LogP contribution in [-0.2, 0) is 22.4 Å². The van der Waals surface area contributed by atoms with Crippen molar-refractivity contribution in [1.29, 1.82) is 0 Å². The fourth-order valence-corrected chi connectivity index (χ4v) is 3.88. The lowest BCUT2D eigenvalue weighted by molar-refractivity contribution is -0.129. The van der Waals surface area contributed by atoms with Crippen LogP contribution in [0.1, 0.15) is 53.5 Å². The van der Waals surface area contributed by atoms with Crippen molar-refractivity contribution in [2.75, 3.05) is 0 Å². The zero-order chi connectivity index (χ0) is 21.3. The standard InChI is InChI=1S/C24H23FN2O3/c1-14(16-10-12-17(25)13-11-16)26-23(28)15(2)30-24(29)22-18-6-3-4-8-20(18)27-21-9-5-7-19(21)22/h3-4,6,8,10-15H,5,7,9H2,1-2H3,(H,26,28)/t14-,15+/m0/s1. The van der Waals surface area contributed by atoms with Gasteiger partial charge in [0.05, 0.1) is 17.1 Å². The number of nitrogens with zero attached hydrogens (tertiary/aromatic N) is 1. The number of hydrogen-bond donors (Lipinski definition) is 1. The summed E-state index contributed by atoms with van der Waals surface area (Å²) >= 11 is 0. The molecule has 4 rings (SSSR count). The molecule has 1 aliphatic rings. The van der Waals surface area contributed by atoms with Crippen molar-refractivity contribution in [2.45, 2.75) is 45.3 Å². The van der Waals surface area contributed by atoms with Gasteiger partial charge < -0.3 is 10.1 Å². The van der Waals surface area contributed by atoms with E-state index in [1.807, 2.05) is 24.3 Å². The van der Waals surface area contributed by atoms with E-state index in [1.54, 1.807) is 26.0 Å². The highest BCUT2D eigenvalue weighted by Crippen LogP contribution is 2.30.